The minimum Gasteiger partial charge on any atom is -0.375 e. The molecule has 0 heterocycles. The minimum atomic E-state index is -0.817. The second kappa shape index (κ2) is 11.4. The van der Waals surface area contributed by atoms with Crippen LogP contribution in [0.25, 0.3) is 11.1 Å². The first-order valence-electron chi connectivity index (χ1n) is 11.1. The topological polar surface area (TPSA) is 9.23 Å². The fourth-order valence-electron chi connectivity index (χ4n) is 4.10. The highest BCUT2D eigenvalue weighted by Crippen LogP contribution is 2.37. The van der Waals surface area contributed by atoms with Gasteiger partial charge in [0.1, 0.15) is 0 Å². The van der Waals surface area contributed by atoms with Gasteiger partial charge in [-0.2, -0.15) is 0 Å². The fraction of sp³-hybridized carbons (Fsp3) is 0.538. The first-order valence-corrected chi connectivity index (χ1v) is 11.1. The van der Waals surface area contributed by atoms with E-state index in [0.717, 1.165) is 12.0 Å². The molecule has 3 heteroatoms. The molecule has 0 fully saturated rings. The van der Waals surface area contributed by atoms with Crippen molar-refractivity contribution in [2.75, 3.05) is 6.61 Å². The van der Waals surface area contributed by atoms with Crippen LogP contribution in [0.4, 0.5) is 8.78 Å². The highest BCUT2D eigenvalue weighted by atomic mass is 19.2. The van der Waals surface area contributed by atoms with E-state index in [4.69, 9.17) is 4.74 Å². The maximum Gasteiger partial charge on any atom is 0.159 e. The van der Waals surface area contributed by atoms with Crippen molar-refractivity contribution >= 4 is 0 Å². The third kappa shape index (κ3) is 6.92. The Hall–Kier alpha value is -1.74. The summed E-state index contributed by atoms with van der Waals surface area (Å²) in [6.45, 7) is 9.30. The van der Waals surface area contributed by atoms with Crippen LogP contribution in [0.3, 0.4) is 0 Å². The van der Waals surface area contributed by atoms with Crippen LogP contribution in [0.15, 0.2) is 42.5 Å². The largest absolute Gasteiger partial charge is 0.375 e. The standard InChI is InChI=1S/C26H36F2O/c1-5-7-8-9-10-11-12-23(26(3,4)29-6-2)21-15-13-20(14-16-21)22-17-18-24(27)25(28)19-22/h13-19,23H,5-12H2,1-4H3. The molecule has 0 aliphatic heterocycles. The number of benzene rings is 2. The summed E-state index contributed by atoms with van der Waals surface area (Å²) in [6, 6.07) is 12.3. The second-order valence-corrected chi connectivity index (χ2v) is 8.40. The van der Waals surface area contributed by atoms with Crippen LogP contribution in [0.2, 0.25) is 0 Å². The van der Waals surface area contributed by atoms with E-state index in [0.29, 0.717) is 18.1 Å². The summed E-state index contributed by atoms with van der Waals surface area (Å²) in [5.74, 6) is -1.33. The first kappa shape index (κ1) is 23.5. The predicted octanol–water partition coefficient (Wildman–Crippen LogP) is 8.28. The highest BCUT2D eigenvalue weighted by molar-refractivity contribution is 5.63. The normalized spacial score (nSPS) is 12.9. The number of unbranched alkanes of at least 4 members (excludes halogenated alkanes) is 5. The number of rotatable bonds is 12. The highest BCUT2D eigenvalue weighted by Gasteiger charge is 2.31. The van der Waals surface area contributed by atoms with Gasteiger partial charge in [0, 0.05) is 12.5 Å². The molecule has 1 nitrogen and oxygen atoms in total. The molecule has 0 amide bonds. The molecular weight excluding hydrogens is 366 g/mol. The quantitative estimate of drug-likeness (QED) is 0.325. The lowest BCUT2D eigenvalue weighted by atomic mass is 9.80. The minimum absolute atomic E-state index is 0.248. The summed E-state index contributed by atoms with van der Waals surface area (Å²) in [6.07, 6.45) is 8.73. The maximum atomic E-state index is 13.6. The van der Waals surface area contributed by atoms with E-state index in [1.807, 2.05) is 19.1 Å². The lowest BCUT2D eigenvalue weighted by Gasteiger charge is -2.35. The number of ether oxygens (including phenoxy) is 1. The molecule has 0 saturated carbocycles. The molecule has 0 spiro atoms. The molecule has 29 heavy (non-hydrogen) atoms. The van der Waals surface area contributed by atoms with Crippen LogP contribution in [0.5, 0.6) is 0 Å². The van der Waals surface area contributed by atoms with Gasteiger partial charge in [0.2, 0.25) is 0 Å². The van der Waals surface area contributed by atoms with E-state index in [1.165, 1.54) is 56.2 Å². The summed E-state index contributed by atoms with van der Waals surface area (Å²) in [5, 5.41) is 0. The average Bonchev–Trinajstić information content (AvgIpc) is 2.69. The Kier molecular flexibility index (Phi) is 9.29. The zero-order valence-corrected chi connectivity index (χ0v) is 18.4. The summed E-state index contributed by atoms with van der Waals surface area (Å²) >= 11 is 0. The zero-order valence-electron chi connectivity index (χ0n) is 18.4. The molecule has 0 N–H and O–H groups in total. The fourth-order valence-corrected chi connectivity index (χ4v) is 4.10. The Morgan fingerprint density at radius 1 is 0.793 bits per heavy atom. The van der Waals surface area contributed by atoms with E-state index in [-0.39, 0.29) is 5.60 Å². The molecule has 1 atom stereocenters. The van der Waals surface area contributed by atoms with Crippen molar-refractivity contribution in [3.8, 4) is 11.1 Å². The molecule has 0 radical (unpaired) electrons. The third-order valence-corrected chi connectivity index (χ3v) is 5.77. The number of hydrogen-bond donors (Lipinski definition) is 0. The first-order chi connectivity index (χ1) is 13.9. The van der Waals surface area contributed by atoms with Crippen molar-refractivity contribution in [3.05, 3.63) is 59.7 Å². The van der Waals surface area contributed by atoms with Gasteiger partial charge in [-0.15, -0.1) is 0 Å². The van der Waals surface area contributed by atoms with E-state index in [2.05, 4.69) is 32.9 Å². The summed E-state index contributed by atoms with van der Waals surface area (Å²) in [4.78, 5) is 0. The van der Waals surface area contributed by atoms with Gasteiger partial charge in [-0.3, -0.25) is 0 Å². The average molecular weight is 403 g/mol. The lowest BCUT2D eigenvalue weighted by Crippen LogP contribution is -2.33. The van der Waals surface area contributed by atoms with E-state index in [1.54, 1.807) is 6.07 Å². The third-order valence-electron chi connectivity index (χ3n) is 5.77. The van der Waals surface area contributed by atoms with Crippen LogP contribution in [-0.4, -0.2) is 12.2 Å². The molecule has 0 bridgehead atoms. The van der Waals surface area contributed by atoms with Gasteiger partial charge in [0.05, 0.1) is 5.60 Å². The SMILES string of the molecule is CCCCCCCCC(c1ccc(-c2ccc(F)c(F)c2)cc1)C(C)(C)OCC. The molecule has 160 valence electrons. The van der Waals surface area contributed by atoms with Crippen molar-refractivity contribution < 1.29 is 13.5 Å². The Morgan fingerprint density at radius 2 is 1.41 bits per heavy atom. The number of hydrogen-bond acceptors (Lipinski definition) is 1. The van der Waals surface area contributed by atoms with Gasteiger partial charge in [0.25, 0.3) is 0 Å². The molecule has 0 aromatic heterocycles. The van der Waals surface area contributed by atoms with Crippen LogP contribution >= 0.6 is 0 Å². The van der Waals surface area contributed by atoms with Gasteiger partial charge in [-0.25, -0.2) is 8.78 Å². The second-order valence-electron chi connectivity index (χ2n) is 8.40. The predicted molar refractivity (Wildman–Crippen MR) is 118 cm³/mol. The molecular formula is C26H36F2O. The zero-order chi connectivity index (χ0) is 21.3. The lowest BCUT2D eigenvalue weighted by molar-refractivity contribution is -0.0335. The Balaban J connectivity index is 2.13. The Morgan fingerprint density at radius 3 is 2.03 bits per heavy atom. The van der Waals surface area contributed by atoms with E-state index < -0.39 is 11.6 Å². The van der Waals surface area contributed by atoms with Crippen molar-refractivity contribution in [2.45, 2.75) is 84.2 Å². The maximum absolute atomic E-state index is 13.6. The van der Waals surface area contributed by atoms with Gasteiger partial charge in [-0.05, 0) is 56.0 Å². The van der Waals surface area contributed by atoms with Crippen LogP contribution in [0.1, 0.15) is 84.1 Å². The molecule has 0 saturated heterocycles. The number of halogens is 2. The molecule has 2 aromatic carbocycles. The van der Waals surface area contributed by atoms with Crippen LogP contribution < -0.4 is 0 Å². The van der Waals surface area contributed by atoms with Crippen molar-refractivity contribution in [1.29, 1.82) is 0 Å². The Bertz CT molecular complexity index is 737. The van der Waals surface area contributed by atoms with E-state index >= 15 is 0 Å². The molecule has 1 unspecified atom stereocenters. The van der Waals surface area contributed by atoms with Crippen LogP contribution in [-0.2, 0) is 4.74 Å². The molecule has 0 aliphatic rings. The van der Waals surface area contributed by atoms with Crippen molar-refractivity contribution in [2.24, 2.45) is 0 Å². The Labute approximate surface area is 175 Å². The summed E-state index contributed by atoms with van der Waals surface area (Å²) in [5.41, 5.74) is 2.57. The van der Waals surface area contributed by atoms with Gasteiger partial charge in [0.15, 0.2) is 11.6 Å². The molecule has 0 aliphatic carbocycles. The summed E-state index contributed by atoms with van der Waals surface area (Å²) < 4.78 is 32.9. The van der Waals surface area contributed by atoms with E-state index in [9.17, 15) is 8.78 Å². The van der Waals surface area contributed by atoms with Gasteiger partial charge >= 0.3 is 0 Å². The molecule has 2 aromatic rings. The van der Waals surface area contributed by atoms with Crippen molar-refractivity contribution in [3.63, 3.8) is 0 Å². The monoisotopic (exact) mass is 402 g/mol. The smallest absolute Gasteiger partial charge is 0.159 e. The van der Waals surface area contributed by atoms with Crippen molar-refractivity contribution in [1.82, 2.24) is 0 Å². The van der Waals surface area contributed by atoms with Gasteiger partial charge in [-0.1, -0.05) is 75.8 Å². The van der Waals surface area contributed by atoms with Crippen LogP contribution in [0, 0.1) is 11.6 Å². The summed E-state index contributed by atoms with van der Waals surface area (Å²) in [7, 11) is 0. The van der Waals surface area contributed by atoms with Gasteiger partial charge < -0.3 is 4.74 Å². The molecule has 2 rings (SSSR count).